The van der Waals surface area contributed by atoms with Gasteiger partial charge in [-0.1, -0.05) is 36.0 Å². The highest BCUT2D eigenvalue weighted by Gasteiger charge is 2.22. The molecule has 5 rings (SSSR count). The molecule has 2 aromatic heterocycles. The number of benzene rings is 2. The molecule has 182 valence electrons. The van der Waals surface area contributed by atoms with Crippen molar-refractivity contribution in [2.24, 2.45) is 0 Å². The summed E-state index contributed by atoms with van der Waals surface area (Å²) in [5.74, 6) is -2.02. The second-order valence-electron chi connectivity index (χ2n) is 7.70. The summed E-state index contributed by atoms with van der Waals surface area (Å²) in [4.78, 5) is 47.8. The second kappa shape index (κ2) is 11.3. The van der Waals surface area contributed by atoms with E-state index >= 15 is 0 Å². The number of piperazine rings is 1. The van der Waals surface area contributed by atoms with Crippen LogP contribution in [0.1, 0.15) is 5.82 Å². The molecule has 0 bridgehead atoms. The molecule has 12 heteroatoms. The number of nitrogens with one attached hydrogen (secondary N) is 1. The first kappa shape index (κ1) is 24.6. The Bertz CT molecular complexity index is 1270. The van der Waals surface area contributed by atoms with Crippen LogP contribution in [0.4, 0.5) is 0 Å². The predicted molar refractivity (Wildman–Crippen MR) is 134 cm³/mol. The van der Waals surface area contributed by atoms with E-state index in [2.05, 4.69) is 25.9 Å². The molecule has 3 N–H and O–H groups in total. The molecule has 1 aliphatic rings. The first-order chi connectivity index (χ1) is 16.9. The van der Waals surface area contributed by atoms with Gasteiger partial charge in [0.25, 0.3) is 0 Å². The van der Waals surface area contributed by atoms with Crippen molar-refractivity contribution >= 4 is 62.2 Å². The Morgan fingerprint density at radius 3 is 2.23 bits per heavy atom. The summed E-state index contributed by atoms with van der Waals surface area (Å²) in [5.41, 5.74) is 3.08. The third-order valence-corrected chi connectivity index (χ3v) is 7.48. The van der Waals surface area contributed by atoms with Crippen molar-refractivity contribution < 1.29 is 24.6 Å². The van der Waals surface area contributed by atoms with Crippen molar-refractivity contribution in [3.8, 4) is 0 Å². The molecule has 0 radical (unpaired) electrons. The van der Waals surface area contributed by atoms with Crippen molar-refractivity contribution in [3.63, 3.8) is 0 Å². The Hall–Kier alpha value is -3.48. The number of fused-ring (bicyclic) bond motifs is 2. The van der Waals surface area contributed by atoms with Gasteiger partial charge >= 0.3 is 11.9 Å². The molecule has 1 saturated heterocycles. The number of aromatic amines is 1. The Kier molecular flexibility index (Phi) is 7.95. The monoisotopic (exact) mass is 513 g/mol. The number of H-pyrrole nitrogens is 1. The first-order valence-electron chi connectivity index (χ1n) is 10.8. The molecule has 1 amide bonds. The zero-order valence-corrected chi connectivity index (χ0v) is 20.2. The minimum absolute atomic E-state index is 0.192. The third kappa shape index (κ3) is 6.56. The fourth-order valence-electron chi connectivity index (χ4n) is 3.58. The van der Waals surface area contributed by atoms with Gasteiger partial charge in [0.1, 0.15) is 5.82 Å². The molecule has 10 nitrogen and oxygen atoms in total. The van der Waals surface area contributed by atoms with Gasteiger partial charge in [-0.3, -0.25) is 9.69 Å². The molecular formula is C23H23N5O5S2. The fraction of sp³-hybridized carbons (Fsp3) is 0.261. The summed E-state index contributed by atoms with van der Waals surface area (Å²) in [6, 6.07) is 16.2. The van der Waals surface area contributed by atoms with Crippen LogP contribution >= 0.6 is 23.1 Å². The standard InChI is InChI=1S/C21H21N5OS2.C2H2O4/c27-20(14-28-21-24-17-7-3-4-8-18(17)29-21)26-11-9-25(10-12-26)13-19-22-15-5-1-2-6-16(15)23-19;3-1(4)2(5)6/h1-8H,9-14H2,(H,22,23);(H,3,4)(H,5,6). The summed E-state index contributed by atoms with van der Waals surface area (Å²) in [6.45, 7) is 4.05. The minimum atomic E-state index is -1.82. The highest BCUT2D eigenvalue weighted by Crippen LogP contribution is 2.29. The molecule has 1 fully saturated rings. The van der Waals surface area contributed by atoms with Gasteiger partial charge in [-0.2, -0.15) is 0 Å². The lowest BCUT2D eigenvalue weighted by atomic mass is 10.3. The summed E-state index contributed by atoms with van der Waals surface area (Å²) in [7, 11) is 0. The number of aromatic nitrogens is 3. The minimum Gasteiger partial charge on any atom is -0.473 e. The predicted octanol–water partition coefficient (Wildman–Crippen LogP) is 2.76. The fourth-order valence-corrected chi connectivity index (χ4v) is 5.55. The lowest BCUT2D eigenvalue weighted by Crippen LogP contribution is -2.48. The van der Waals surface area contributed by atoms with Crippen LogP contribution in [0, 0.1) is 0 Å². The number of aliphatic carboxylic acids is 2. The van der Waals surface area contributed by atoms with Crippen LogP contribution in [-0.2, 0) is 20.9 Å². The zero-order valence-electron chi connectivity index (χ0n) is 18.6. The SMILES string of the molecule is O=C(CSc1nc2ccccc2s1)N1CCN(Cc2nc3ccccc3[nH]2)CC1.O=C(O)C(=O)O. The number of carboxylic acids is 2. The summed E-state index contributed by atoms with van der Waals surface area (Å²) in [6.07, 6.45) is 0. The van der Waals surface area contributed by atoms with E-state index in [1.54, 1.807) is 23.1 Å². The average molecular weight is 514 g/mol. The average Bonchev–Trinajstić information content (AvgIpc) is 3.46. The van der Waals surface area contributed by atoms with E-state index in [0.29, 0.717) is 5.75 Å². The first-order valence-corrected chi connectivity index (χ1v) is 12.6. The normalized spacial score (nSPS) is 14.0. The topological polar surface area (TPSA) is 140 Å². The molecule has 2 aromatic carbocycles. The molecule has 1 aliphatic heterocycles. The van der Waals surface area contributed by atoms with Crippen LogP contribution in [0.25, 0.3) is 21.3 Å². The van der Waals surface area contributed by atoms with Crippen LogP contribution in [0.15, 0.2) is 52.9 Å². The van der Waals surface area contributed by atoms with E-state index in [1.807, 2.05) is 47.4 Å². The van der Waals surface area contributed by atoms with Gasteiger partial charge in [-0.25, -0.2) is 19.6 Å². The lowest BCUT2D eigenvalue weighted by Gasteiger charge is -2.34. The summed E-state index contributed by atoms with van der Waals surface area (Å²) < 4.78 is 2.13. The van der Waals surface area contributed by atoms with E-state index in [1.165, 1.54) is 4.70 Å². The highest BCUT2D eigenvalue weighted by atomic mass is 32.2. The van der Waals surface area contributed by atoms with Crippen molar-refractivity contribution in [2.45, 2.75) is 10.9 Å². The Balaban J connectivity index is 0.000000431. The number of nitrogens with zero attached hydrogens (tertiary/aromatic N) is 4. The molecule has 3 heterocycles. The lowest BCUT2D eigenvalue weighted by molar-refractivity contribution is -0.159. The number of para-hydroxylation sites is 3. The number of hydrogen-bond donors (Lipinski definition) is 3. The van der Waals surface area contributed by atoms with Gasteiger partial charge in [-0.05, 0) is 24.3 Å². The van der Waals surface area contributed by atoms with Crippen LogP contribution in [-0.4, -0.2) is 84.7 Å². The number of carbonyl (C=O) groups excluding carboxylic acids is 1. The number of thiazole rings is 1. The van der Waals surface area contributed by atoms with Gasteiger partial charge in [0.05, 0.1) is 33.5 Å². The van der Waals surface area contributed by atoms with Gasteiger partial charge in [0.2, 0.25) is 5.91 Å². The maximum absolute atomic E-state index is 12.6. The van der Waals surface area contributed by atoms with Crippen molar-refractivity contribution in [1.82, 2.24) is 24.8 Å². The number of amides is 1. The van der Waals surface area contributed by atoms with Crippen LogP contribution < -0.4 is 0 Å². The molecule has 0 spiro atoms. The Morgan fingerprint density at radius 2 is 1.57 bits per heavy atom. The number of rotatable bonds is 5. The van der Waals surface area contributed by atoms with E-state index in [4.69, 9.17) is 19.8 Å². The Morgan fingerprint density at radius 1 is 0.914 bits per heavy atom. The number of carboxylic acid groups (broad SMARTS) is 2. The maximum Gasteiger partial charge on any atom is 0.414 e. The van der Waals surface area contributed by atoms with Crippen molar-refractivity contribution in [3.05, 3.63) is 54.4 Å². The molecular weight excluding hydrogens is 490 g/mol. The van der Waals surface area contributed by atoms with Gasteiger partial charge in [-0.15, -0.1) is 11.3 Å². The van der Waals surface area contributed by atoms with Gasteiger partial charge in [0, 0.05) is 26.2 Å². The summed E-state index contributed by atoms with van der Waals surface area (Å²) >= 11 is 3.19. The molecule has 4 aromatic rings. The van der Waals surface area contributed by atoms with E-state index < -0.39 is 11.9 Å². The molecule has 0 aliphatic carbocycles. The van der Waals surface area contributed by atoms with Gasteiger partial charge < -0.3 is 20.1 Å². The molecule has 0 atom stereocenters. The largest absolute Gasteiger partial charge is 0.473 e. The molecule has 0 saturated carbocycles. The van der Waals surface area contributed by atoms with Crippen LogP contribution in [0.5, 0.6) is 0 Å². The maximum atomic E-state index is 12.6. The smallest absolute Gasteiger partial charge is 0.414 e. The molecule has 35 heavy (non-hydrogen) atoms. The third-order valence-electron chi connectivity index (χ3n) is 5.31. The van der Waals surface area contributed by atoms with E-state index in [-0.39, 0.29) is 5.91 Å². The number of thioether (sulfide) groups is 1. The van der Waals surface area contributed by atoms with E-state index in [0.717, 1.165) is 59.4 Å². The zero-order chi connectivity index (χ0) is 24.8. The highest BCUT2D eigenvalue weighted by molar-refractivity contribution is 8.01. The van der Waals surface area contributed by atoms with Crippen LogP contribution in [0.3, 0.4) is 0 Å². The second-order valence-corrected chi connectivity index (χ2v) is 9.96. The van der Waals surface area contributed by atoms with Crippen molar-refractivity contribution in [1.29, 1.82) is 0 Å². The van der Waals surface area contributed by atoms with Crippen LogP contribution in [0.2, 0.25) is 0 Å². The van der Waals surface area contributed by atoms with Crippen molar-refractivity contribution in [2.75, 3.05) is 31.9 Å². The van der Waals surface area contributed by atoms with E-state index in [9.17, 15) is 4.79 Å². The number of hydrogen-bond acceptors (Lipinski definition) is 8. The quantitative estimate of drug-likeness (QED) is 0.271. The number of imidazole rings is 1. The number of carbonyl (C=O) groups is 3. The van der Waals surface area contributed by atoms with Gasteiger partial charge in [0.15, 0.2) is 4.34 Å². The summed E-state index contributed by atoms with van der Waals surface area (Å²) in [5, 5.41) is 14.8. The Labute approximate surface area is 208 Å². The molecule has 0 unspecified atom stereocenters.